The highest BCUT2D eigenvalue weighted by Crippen LogP contribution is 2.13. The van der Waals surface area contributed by atoms with Crippen LogP contribution in [0.2, 0.25) is 0 Å². The van der Waals surface area contributed by atoms with Crippen LogP contribution in [-0.2, 0) is 4.74 Å². The first-order valence-corrected chi connectivity index (χ1v) is 6.07. The normalized spacial score (nSPS) is 10.9. The van der Waals surface area contributed by atoms with E-state index in [9.17, 15) is 14.4 Å². The van der Waals surface area contributed by atoms with E-state index in [0.29, 0.717) is 0 Å². The van der Waals surface area contributed by atoms with Crippen molar-refractivity contribution >= 4 is 40.1 Å². The topological polar surface area (TPSA) is 92.0 Å². The fraction of sp³-hybridized carbons (Fsp3) is 0.182. The minimum Gasteiger partial charge on any atom is -0.459 e. The van der Waals surface area contributed by atoms with Crippen LogP contribution in [0.4, 0.5) is 0 Å². The second kappa shape index (κ2) is 5.46. The van der Waals surface area contributed by atoms with Crippen LogP contribution in [0.5, 0.6) is 0 Å². The molecule has 0 aliphatic heterocycles. The van der Waals surface area contributed by atoms with Gasteiger partial charge in [0.1, 0.15) is 11.4 Å². The minimum atomic E-state index is -0.850. The van der Waals surface area contributed by atoms with Crippen molar-refractivity contribution in [3.8, 4) is 0 Å². The second-order valence-electron chi connectivity index (χ2n) is 3.63. The molecular formula is C11H8Cl2N2O4. The molecule has 0 atom stereocenters. The highest BCUT2D eigenvalue weighted by atomic mass is 35.5. The largest absolute Gasteiger partial charge is 0.459 e. The second-order valence-corrected chi connectivity index (χ2v) is 4.90. The Labute approximate surface area is 116 Å². The number of alkyl halides is 2. The summed E-state index contributed by atoms with van der Waals surface area (Å²) < 4.78 is 4.84. The Hall–Kier alpha value is -1.79. The standard InChI is InChI=1S/C11H8Cl2N2O4/c12-7(13)4-19-10(17)5-2-1-3-6-8(5)9(16)15-11(18)14-6/h1-3,7H,4H2,(H2,14,15,16,18). The van der Waals surface area contributed by atoms with E-state index in [-0.39, 0.29) is 23.1 Å². The van der Waals surface area contributed by atoms with Crippen molar-refractivity contribution < 1.29 is 9.53 Å². The van der Waals surface area contributed by atoms with Crippen LogP contribution in [0.3, 0.4) is 0 Å². The summed E-state index contributed by atoms with van der Waals surface area (Å²) in [5.74, 6) is -0.741. The van der Waals surface area contributed by atoms with Gasteiger partial charge in [0, 0.05) is 0 Å². The van der Waals surface area contributed by atoms with Gasteiger partial charge in [0.2, 0.25) is 0 Å². The molecule has 0 bridgehead atoms. The molecule has 6 nitrogen and oxygen atoms in total. The Morgan fingerprint density at radius 1 is 1.26 bits per heavy atom. The minimum absolute atomic E-state index is 0.0315. The quantitative estimate of drug-likeness (QED) is 0.658. The zero-order valence-electron chi connectivity index (χ0n) is 9.41. The van der Waals surface area contributed by atoms with Crippen molar-refractivity contribution in [2.24, 2.45) is 0 Å². The van der Waals surface area contributed by atoms with E-state index in [0.717, 1.165) is 0 Å². The van der Waals surface area contributed by atoms with E-state index in [1.807, 2.05) is 4.98 Å². The Morgan fingerprint density at radius 2 is 2.00 bits per heavy atom. The molecule has 2 N–H and O–H groups in total. The third-order valence-corrected chi connectivity index (χ3v) is 2.58. The van der Waals surface area contributed by atoms with Crippen LogP contribution >= 0.6 is 23.2 Å². The lowest BCUT2D eigenvalue weighted by molar-refractivity contribution is 0.0523. The maximum atomic E-state index is 11.8. The molecule has 8 heteroatoms. The van der Waals surface area contributed by atoms with Crippen LogP contribution in [0, 0.1) is 0 Å². The van der Waals surface area contributed by atoms with Crippen LogP contribution in [0.25, 0.3) is 10.9 Å². The number of carbonyl (C=O) groups excluding carboxylic acids is 1. The summed E-state index contributed by atoms with van der Waals surface area (Å²) in [5.41, 5.74) is -1.04. The van der Waals surface area contributed by atoms with Gasteiger partial charge in [0.15, 0.2) is 0 Å². The number of aromatic amines is 2. The predicted octanol–water partition coefficient (Wildman–Crippen LogP) is 1.18. The molecule has 0 fully saturated rings. The summed E-state index contributed by atoms with van der Waals surface area (Å²) in [5, 5.41) is 0.0489. The van der Waals surface area contributed by atoms with Gasteiger partial charge in [-0.1, -0.05) is 6.07 Å². The number of aromatic nitrogens is 2. The number of halogens is 2. The van der Waals surface area contributed by atoms with E-state index < -0.39 is 22.1 Å². The van der Waals surface area contributed by atoms with Gasteiger partial charge < -0.3 is 9.72 Å². The summed E-state index contributed by atoms with van der Waals surface area (Å²) in [4.78, 5) is 38.3. The molecule has 1 aromatic heterocycles. The number of hydrogen-bond donors (Lipinski definition) is 2. The average Bonchev–Trinajstić information content (AvgIpc) is 2.34. The van der Waals surface area contributed by atoms with Crippen LogP contribution in [-0.4, -0.2) is 27.4 Å². The Bertz CT molecular complexity index is 735. The zero-order valence-corrected chi connectivity index (χ0v) is 10.9. The molecule has 0 radical (unpaired) electrons. The molecule has 0 aliphatic rings. The highest BCUT2D eigenvalue weighted by molar-refractivity contribution is 6.44. The lowest BCUT2D eigenvalue weighted by Gasteiger charge is -2.06. The van der Waals surface area contributed by atoms with Crippen molar-refractivity contribution in [1.29, 1.82) is 0 Å². The van der Waals surface area contributed by atoms with Crippen LogP contribution < -0.4 is 11.2 Å². The summed E-state index contributed by atoms with van der Waals surface area (Å²) in [6, 6.07) is 4.44. The Balaban J connectivity index is 2.52. The van der Waals surface area contributed by atoms with Gasteiger partial charge >= 0.3 is 11.7 Å². The molecule has 0 amide bonds. The van der Waals surface area contributed by atoms with Gasteiger partial charge in [0.05, 0.1) is 16.5 Å². The maximum absolute atomic E-state index is 11.8. The summed E-state index contributed by atoms with van der Waals surface area (Å²) in [7, 11) is 0. The van der Waals surface area contributed by atoms with Gasteiger partial charge in [-0.2, -0.15) is 0 Å². The Morgan fingerprint density at radius 3 is 2.68 bits per heavy atom. The van der Waals surface area contributed by atoms with E-state index >= 15 is 0 Å². The maximum Gasteiger partial charge on any atom is 0.339 e. The number of ether oxygens (including phenoxy) is 1. The van der Waals surface area contributed by atoms with Gasteiger partial charge in [-0.3, -0.25) is 9.78 Å². The van der Waals surface area contributed by atoms with E-state index in [2.05, 4.69) is 4.98 Å². The van der Waals surface area contributed by atoms with Crippen LogP contribution in [0.15, 0.2) is 27.8 Å². The number of fused-ring (bicyclic) bond motifs is 1. The third kappa shape index (κ3) is 2.97. The number of H-pyrrole nitrogens is 2. The highest BCUT2D eigenvalue weighted by Gasteiger charge is 2.15. The van der Waals surface area contributed by atoms with Gasteiger partial charge in [0.25, 0.3) is 5.56 Å². The van der Waals surface area contributed by atoms with Crippen molar-refractivity contribution in [3.05, 3.63) is 44.6 Å². The van der Waals surface area contributed by atoms with E-state index in [4.69, 9.17) is 27.9 Å². The van der Waals surface area contributed by atoms with Crippen molar-refractivity contribution in [2.75, 3.05) is 6.61 Å². The summed E-state index contributed by atoms with van der Waals surface area (Å²) in [6.07, 6.45) is 0. The molecule has 0 saturated heterocycles. The number of hydrogen-bond acceptors (Lipinski definition) is 4. The first kappa shape index (κ1) is 13.6. The molecule has 0 unspecified atom stereocenters. The first-order chi connectivity index (χ1) is 8.99. The fourth-order valence-electron chi connectivity index (χ4n) is 1.61. The predicted molar refractivity (Wildman–Crippen MR) is 71.0 cm³/mol. The van der Waals surface area contributed by atoms with Crippen molar-refractivity contribution in [3.63, 3.8) is 0 Å². The Kier molecular flexibility index (Phi) is 3.92. The van der Waals surface area contributed by atoms with E-state index in [1.54, 1.807) is 0 Å². The monoisotopic (exact) mass is 302 g/mol. The molecule has 1 aromatic carbocycles. The molecule has 0 spiro atoms. The average molecular weight is 303 g/mol. The molecule has 19 heavy (non-hydrogen) atoms. The molecule has 0 aliphatic carbocycles. The number of benzene rings is 1. The lowest BCUT2D eigenvalue weighted by Crippen LogP contribution is -2.24. The molecule has 0 saturated carbocycles. The van der Waals surface area contributed by atoms with E-state index in [1.165, 1.54) is 18.2 Å². The first-order valence-electron chi connectivity index (χ1n) is 5.19. The number of carbonyl (C=O) groups is 1. The SMILES string of the molecule is O=C(OCC(Cl)Cl)c1cccc2[nH]c(=O)[nH]c(=O)c12. The molecule has 2 rings (SSSR count). The summed E-state index contributed by atoms with van der Waals surface area (Å²) in [6.45, 7) is -0.195. The van der Waals surface area contributed by atoms with Crippen LogP contribution in [0.1, 0.15) is 10.4 Å². The molecule has 1 heterocycles. The zero-order chi connectivity index (χ0) is 14.0. The smallest absolute Gasteiger partial charge is 0.339 e. The molecular weight excluding hydrogens is 295 g/mol. The fourth-order valence-corrected chi connectivity index (χ4v) is 1.73. The summed E-state index contributed by atoms with van der Waals surface area (Å²) >= 11 is 10.9. The van der Waals surface area contributed by atoms with Crippen molar-refractivity contribution in [2.45, 2.75) is 4.84 Å². The van der Waals surface area contributed by atoms with Gasteiger partial charge in [-0.05, 0) is 12.1 Å². The molecule has 100 valence electrons. The third-order valence-electron chi connectivity index (χ3n) is 2.33. The lowest BCUT2D eigenvalue weighted by atomic mass is 10.1. The van der Waals surface area contributed by atoms with Crippen molar-refractivity contribution in [1.82, 2.24) is 9.97 Å². The number of rotatable bonds is 3. The van der Waals surface area contributed by atoms with Gasteiger partial charge in [-0.15, -0.1) is 23.2 Å². The number of esters is 1. The molecule has 2 aromatic rings. The number of nitrogens with one attached hydrogen (secondary N) is 2. The van der Waals surface area contributed by atoms with Gasteiger partial charge in [-0.25, -0.2) is 9.59 Å².